The molecule has 0 aromatic rings. The highest BCUT2D eigenvalue weighted by molar-refractivity contribution is 5.67. The van der Waals surface area contributed by atoms with E-state index in [4.69, 9.17) is 15.3 Å². The summed E-state index contributed by atoms with van der Waals surface area (Å²) in [7, 11) is 0. The number of nitrogens with zero attached hydrogens (tertiary/aromatic N) is 1. The Balaban J connectivity index is 3.94. The van der Waals surface area contributed by atoms with Crippen molar-refractivity contribution in [1.82, 2.24) is 4.90 Å². The van der Waals surface area contributed by atoms with Crippen molar-refractivity contribution in [2.75, 3.05) is 19.6 Å². The highest BCUT2D eigenvalue weighted by Gasteiger charge is 2.08. The highest BCUT2D eigenvalue weighted by Crippen LogP contribution is 2.03. The molecule has 0 saturated heterocycles. The standard InChI is InChI=1S/C12H21NO6/c14-10(15)4-1-7-13(8-2-5-11(16)17)9-3-6-12(18)19/h1-9H2,(H,14,15)(H,16,17)(H,18,19). The number of hydrogen-bond acceptors (Lipinski definition) is 4. The third-order valence-corrected chi connectivity index (χ3v) is 2.59. The van der Waals surface area contributed by atoms with Gasteiger partial charge < -0.3 is 20.2 Å². The van der Waals surface area contributed by atoms with Crippen molar-refractivity contribution in [2.24, 2.45) is 0 Å². The summed E-state index contributed by atoms with van der Waals surface area (Å²) in [5.41, 5.74) is 0. The van der Waals surface area contributed by atoms with Gasteiger partial charge in [-0.1, -0.05) is 0 Å². The first-order chi connectivity index (χ1) is 8.91. The average Bonchev–Trinajstić information content (AvgIpc) is 2.26. The van der Waals surface area contributed by atoms with Gasteiger partial charge in [0, 0.05) is 19.3 Å². The molecule has 19 heavy (non-hydrogen) atoms. The van der Waals surface area contributed by atoms with E-state index in [0.29, 0.717) is 38.9 Å². The normalized spacial score (nSPS) is 10.6. The van der Waals surface area contributed by atoms with Gasteiger partial charge in [0.1, 0.15) is 0 Å². The van der Waals surface area contributed by atoms with Gasteiger partial charge in [0.05, 0.1) is 0 Å². The first-order valence-corrected chi connectivity index (χ1v) is 6.29. The van der Waals surface area contributed by atoms with Crippen molar-refractivity contribution >= 4 is 17.9 Å². The molecule has 7 heteroatoms. The van der Waals surface area contributed by atoms with Crippen LogP contribution in [0.5, 0.6) is 0 Å². The van der Waals surface area contributed by atoms with E-state index in [1.807, 2.05) is 4.90 Å². The van der Waals surface area contributed by atoms with Crippen molar-refractivity contribution < 1.29 is 29.7 Å². The Bertz CT molecular complexity index is 257. The minimum atomic E-state index is -0.865. The predicted octanol–water partition coefficient (Wildman–Crippen LogP) is 0.883. The molecule has 110 valence electrons. The molecule has 0 fully saturated rings. The van der Waals surface area contributed by atoms with Gasteiger partial charge in [-0.15, -0.1) is 0 Å². The maximum absolute atomic E-state index is 10.4. The van der Waals surface area contributed by atoms with E-state index in [2.05, 4.69) is 0 Å². The van der Waals surface area contributed by atoms with Gasteiger partial charge in [0.2, 0.25) is 0 Å². The molecular weight excluding hydrogens is 254 g/mol. The van der Waals surface area contributed by atoms with E-state index in [1.165, 1.54) is 0 Å². The molecular formula is C12H21NO6. The predicted molar refractivity (Wildman–Crippen MR) is 67.0 cm³/mol. The fourth-order valence-corrected chi connectivity index (χ4v) is 1.70. The molecule has 0 saturated carbocycles. The number of carboxylic acids is 3. The van der Waals surface area contributed by atoms with Gasteiger partial charge in [0.25, 0.3) is 0 Å². The van der Waals surface area contributed by atoms with Gasteiger partial charge in [-0.2, -0.15) is 0 Å². The molecule has 7 nitrogen and oxygen atoms in total. The zero-order valence-electron chi connectivity index (χ0n) is 10.9. The Morgan fingerprint density at radius 2 is 0.895 bits per heavy atom. The summed E-state index contributed by atoms with van der Waals surface area (Å²) < 4.78 is 0. The van der Waals surface area contributed by atoms with Crippen molar-refractivity contribution in [3.05, 3.63) is 0 Å². The smallest absolute Gasteiger partial charge is 0.303 e. The van der Waals surface area contributed by atoms with Crippen molar-refractivity contribution in [3.63, 3.8) is 0 Å². The lowest BCUT2D eigenvalue weighted by atomic mass is 10.2. The molecule has 0 atom stereocenters. The lowest BCUT2D eigenvalue weighted by Crippen LogP contribution is -2.28. The quantitative estimate of drug-likeness (QED) is 0.484. The van der Waals surface area contributed by atoms with Gasteiger partial charge in [0.15, 0.2) is 0 Å². The van der Waals surface area contributed by atoms with E-state index in [0.717, 1.165) is 0 Å². The second-order valence-corrected chi connectivity index (χ2v) is 4.33. The molecule has 0 aliphatic heterocycles. The monoisotopic (exact) mass is 275 g/mol. The van der Waals surface area contributed by atoms with E-state index in [-0.39, 0.29) is 19.3 Å². The molecule has 0 aromatic carbocycles. The number of hydrogen-bond donors (Lipinski definition) is 3. The van der Waals surface area contributed by atoms with Gasteiger partial charge >= 0.3 is 17.9 Å². The van der Waals surface area contributed by atoms with E-state index < -0.39 is 17.9 Å². The van der Waals surface area contributed by atoms with Crippen LogP contribution in [-0.2, 0) is 14.4 Å². The van der Waals surface area contributed by atoms with E-state index in [1.54, 1.807) is 0 Å². The summed E-state index contributed by atoms with van der Waals surface area (Å²) in [5.74, 6) is -2.59. The van der Waals surface area contributed by atoms with Crippen LogP contribution < -0.4 is 0 Å². The van der Waals surface area contributed by atoms with Crippen molar-refractivity contribution in [3.8, 4) is 0 Å². The first-order valence-electron chi connectivity index (χ1n) is 6.29. The van der Waals surface area contributed by atoms with Crippen LogP contribution in [0, 0.1) is 0 Å². The van der Waals surface area contributed by atoms with E-state index >= 15 is 0 Å². The Morgan fingerprint density at radius 1 is 0.632 bits per heavy atom. The largest absolute Gasteiger partial charge is 0.481 e. The average molecular weight is 275 g/mol. The minimum absolute atomic E-state index is 0.0639. The van der Waals surface area contributed by atoms with E-state index in [9.17, 15) is 14.4 Å². The SMILES string of the molecule is O=C(O)CCCN(CCCC(=O)O)CCCC(=O)O. The molecule has 0 heterocycles. The third kappa shape index (κ3) is 12.6. The molecule has 0 radical (unpaired) electrons. The summed E-state index contributed by atoms with van der Waals surface area (Å²) in [6.45, 7) is 1.64. The Morgan fingerprint density at radius 3 is 1.11 bits per heavy atom. The van der Waals surface area contributed by atoms with Crippen LogP contribution in [0.3, 0.4) is 0 Å². The van der Waals surface area contributed by atoms with Gasteiger partial charge in [-0.05, 0) is 38.9 Å². The maximum Gasteiger partial charge on any atom is 0.303 e. The fourth-order valence-electron chi connectivity index (χ4n) is 1.70. The Kier molecular flexibility index (Phi) is 9.42. The summed E-state index contributed by atoms with van der Waals surface area (Å²) in [6.07, 6.45) is 1.64. The fraction of sp³-hybridized carbons (Fsp3) is 0.750. The molecule has 0 unspecified atom stereocenters. The lowest BCUT2D eigenvalue weighted by molar-refractivity contribution is -0.138. The third-order valence-electron chi connectivity index (χ3n) is 2.59. The molecule has 0 amide bonds. The van der Waals surface area contributed by atoms with Crippen molar-refractivity contribution in [2.45, 2.75) is 38.5 Å². The number of aliphatic carboxylic acids is 3. The summed E-state index contributed by atoms with van der Waals surface area (Å²) in [6, 6.07) is 0. The minimum Gasteiger partial charge on any atom is -0.481 e. The number of rotatable bonds is 12. The van der Waals surface area contributed by atoms with Crippen LogP contribution in [0.2, 0.25) is 0 Å². The Hall–Kier alpha value is -1.63. The van der Waals surface area contributed by atoms with Crippen molar-refractivity contribution in [1.29, 1.82) is 0 Å². The molecule has 0 rings (SSSR count). The van der Waals surface area contributed by atoms with Crippen LogP contribution in [0.1, 0.15) is 38.5 Å². The summed E-state index contributed by atoms with van der Waals surface area (Å²) >= 11 is 0. The summed E-state index contributed by atoms with van der Waals surface area (Å²) in [5, 5.41) is 25.7. The number of carboxylic acid groups (broad SMARTS) is 3. The zero-order valence-corrected chi connectivity index (χ0v) is 10.9. The van der Waals surface area contributed by atoms with Crippen LogP contribution in [0.4, 0.5) is 0 Å². The first kappa shape index (κ1) is 17.4. The molecule has 0 bridgehead atoms. The molecule has 0 aromatic heterocycles. The lowest BCUT2D eigenvalue weighted by Gasteiger charge is -2.21. The maximum atomic E-state index is 10.4. The van der Waals surface area contributed by atoms with Crippen LogP contribution in [0.15, 0.2) is 0 Å². The van der Waals surface area contributed by atoms with Gasteiger partial charge in [-0.3, -0.25) is 14.4 Å². The van der Waals surface area contributed by atoms with Crippen LogP contribution >= 0.6 is 0 Å². The van der Waals surface area contributed by atoms with Crippen LogP contribution in [-0.4, -0.2) is 57.8 Å². The Labute approximate surface area is 111 Å². The molecule has 3 N–H and O–H groups in total. The molecule has 0 aliphatic rings. The summed E-state index contributed by atoms with van der Waals surface area (Å²) in [4.78, 5) is 33.2. The number of carbonyl (C=O) groups is 3. The van der Waals surface area contributed by atoms with Crippen LogP contribution in [0.25, 0.3) is 0 Å². The van der Waals surface area contributed by atoms with Gasteiger partial charge in [-0.25, -0.2) is 0 Å². The second-order valence-electron chi connectivity index (χ2n) is 4.33. The molecule has 0 aliphatic carbocycles. The highest BCUT2D eigenvalue weighted by atomic mass is 16.4. The second kappa shape index (κ2) is 10.3. The topological polar surface area (TPSA) is 115 Å². The molecule has 0 spiro atoms. The zero-order chi connectivity index (χ0) is 14.7.